The third-order valence-electron chi connectivity index (χ3n) is 1.79. The molecule has 3 heteroatoms. The van der Waals surface area contributed by atoms with E-state index in [-0.39, 0.29) is 0 Å². The first-order valence-corrected chi connectivity index (χ1v) is 7.83. The van der Waals surface area contributed by atoms with Gasteiger partial charge < -0.3 is 0 Å². The van der Waals surface area contributed by atoms with Crippen molar-refractivity contribution in [1.82, 2.24) is 0 Å². The molecule has 69 valence electrons. The number of hydrogen-bond acceptors (Lipinski definition) is 0. The fourth-order valence-electron chi connectivity index (χ4n) is 1.11. The minimum Gasteiger partial charge on any atom is -0.147 e. The predicted molar refractivity (Wildman–Crippen MR) is 62.5 cm³/mol. The Morgan fingerprint density at radius 3 is 2.77 bits per heavy atom. The maximum Gasteiger partial charge on any atom is 0.274 e. The van der Waals surface area contributed by atoms with Gasteiger partial charge in [0.25, 0.3) is 7.42 Å². The number of aryl methyl sites for hydroxylation is 1. The molecular formula is C10H11Cl2Si. The summed E-state index contributed by atoms with van der Waals surface area (Å²) in [6.07, 6.45) is 2.81. The first kappa shape index (κ1) is 10.8. The molecule has 1 rings (SSSR count). The second-order valence-corrected chi connectivity index (χ2v) is 7.28. The normalized spacial score (nSPS) is 10.4. The fraction of sp³-hybridized carbons (Fsp3) is 0.200. The van der Waals surface area contributed by atoms with Gasteiger partial charge >= 0.3 is 0 Å². The topological polar surface area (TPSA) is 0 Å². The first-order valence-electron chi connectivity index (χ1n) is 4.10. The molecule has 0 heterocycles. The summed E-state index contributed by atoms with van der Waals surface area (Å²) in [7, 11) is -1.13. The van der Waals surface area contributed by atoms with E-state index in [1.807, 2.05) is 18.2 Å². The highest BCUT2D eigenvalue weighted by Gasteiger charge is 2.03. The lowest BCUT2D eigenvalue weighted by molar-refractivity contribution is 1.13. The molecule has 0 aliphatic rings. The first-order chi connectivity index (χ1) is 6.22. The van der Waals surface area contributed by atoms with Crippen LogP contribution in [0.1, 0.15) is 11.1 Å². The number of benzene rings is 1. The third kappa shape index (κ3) is 3.99. The Morgan fingerprint density at radius 1 is 1.38 bits per heavy atom. The van der Waals surface area contributed by atoms with E-state index >= 15 is 0 Å². The molecule has 0 spiro atoms. The summed E-state index contributed by atoms with van der Waals surface area (Å²) in [5.74, 6) is 0. The summed E-state index contributed by atoms with van der Waals surface area (Å²) in [6.45, 7) is 3.72. The van der Waals surface area contributed by atoms with Gasteiger partial charge in [-0.1, -0.05) is 36.9 Å². The van der Waals surface area contributed by atoms with Crippen molar-refractivity contribution < 1.29 is 0 Å². The Morgan fingerprint density at radius 2 is 2.15 bits per heavy atom. The number of halogens is 2. The molecule has 1 aromatic rings. The molecule has 0 saturated heterocycles. The highest BCUT2D eigenvalue weighted by molar-refractivity contribution is 7.33. The van der Waals surface area contributed by atoms with Crippen molar-refractivity contribution in [1.29, 1.82) is 0 Å². The van der Waals surface area contributed by atoms with Crippen LogP contribution >= 0.6 is 22.2 Å². The Labute approximate surface area is 90.2 Å². The molecule has 0 nitrogen and oxygen atoms in total. The lowest BCUT2D eigenvalue weighted by Crippen LogP contribution is -1.95. The van der Waals surface area contributed by atoms with Crippen LogP contribution in [0, 0.1) is 0 Å². The van der Waals surface area contributed by atoms with Crippen molar-refractivity contribution in [3.05, 3.63) is 42.0 Å². The van der Waals surface area contributed by atoms with Crippen molar-refractivity contribution in [2.24, 2.45) is 0 Å². The van der Waals surface area contributed by atoms with Crippen LogP contribution in [0.4, 0.5) is 0 Å². The molecule has 0 unspecified atom stereocenters. The van der Waals surface area contributed by atoms with E-state index in [1.54, 1.807) is 0 Å². The molecule has 0 saturated carbocycles. The molecule has 0 fully saturated rings. The van der Waals surface area contributed by atoms with Crippen molar-refractivity contribution in [2.45, 2.75) is 12.5 Å². The van der Waals surface area contributed by atoms with Gasteiger partial charge in [0.2, 0.25) is 0 Å². The Hall–Kier alpha value is -0.243. The average Bonchev–Trinajstić information content (AvgIpc) is 2.15. The summed E-state index contributed by atoms with van der Waals surface area (Å²) in [6, 6.07) is 9.16. The molecule has 0 N–H and O–H groups in total. The van der Waals surface area contributed by atoms with E-state index in [0.717, 1.165) is 18.0 Å². The monoisotopic (exact) mass is 229 g/mol. The van der Waals surface area contributed by atoms with E-state index in [2.05, 4.69) is 18.7 Å². The molecule has 0 aromatic heterocycles. The largest absolute Gasteiger partial charge is 0.274 e. The fourth-order valence-corrected chi connectivity index (χ4v) is 2.16. The van der Waals surface area contributed by atoms with Crippen LogP contribution in [0.25, 0.3) is 6.08 Å². The Kier molecular flexibility index (Phi) is 4.57. The molecular weight excluding hydrogens is 219 g/mol. The second kappa shape index (κ2) is 5.48. The molecule has 1 aromatic carbocycles. The Balaban J connectivity index is 2.61. The maximum absolute atomic E-state index is 5.75. The van der Waals surface area contributed by atoms with Crippen molar-refractivity contribution in [2.75, 3.05) is 0 Å². The smallest absolute Gasteiger partial charge is 0.147 e. The minimum absolute atomic E-state index is 0.897. The van der Waals surface area contributed by atoms with Gasteiger partial charge in [0.1, 0.15) is 0 Å². The summed E-state index contributed by atoms with van der Waals surface area (Å²) < 4.78 is 0. The van der Waals surface area contributed by atoms with E-state index in [4.69, 9.17) is 22.2 Å². The van der Waals surface area contributed by atoms with Crippen molar-refractivity contribution in [3.63, 3.8) is 0 Å². The standard InChI is InChI=1S/C10H11Cl2Si/c1-2-9-4-3-5-10(8-9)6-7-13(11)12/h2-5,8H,1,6-7H2. The highest BCUT2D eigenvalue weighted by Crippen LogP contribution is 2.12. The van der Waals surface area contributed by atoms with Crippen LogP contribution < -0.4 is 0 Å². The van der Waals surface area contributed by atoms with Crippen LogP contribution in [0.15, 0.2) is 30.8 Å². The van der Waals surface area contributed by atoms with Gasteiger partial charge in [-0.25, -0.2) is 0 Å². The molecule has 0 atom stereocenters. The van der Waals surface area contributed by atoms with Gasteiger partial charge in [0.15, 0.2) is 0 Å². The minimum atomic E-state index is -1.13. The van der Waals surface area contributed by atoms with E-state index in [1.165, 1.54) is 5.56 Å². The zero-order valence-corrected chi connectivity index (χ0v) is 9.78. The van der Waals surface area contributed by atoms with Crippen molar-refractivity contribution in [3.8, 4) is 0 Å². The van der Waals surface area contributed by atoms with E-state index in [0.29, 0.717) is 0 Å². The summed E-state index contributed by atoms with van der Waals surface area (Å²) in [5, 5.41) is 0. The second-order valence-electron chi connectivity index (χ2n) is 2.79. The lowest BCUT2D eigenvalue weighted by atomic mass is 10.1. The quantitative estimate of drug-likeness (QED) is 0.544. The lowest BCUT2D eigenvalue weighted by Gasteiger charge is -2.01. The molecule has 1 radical (unpaired) electrons. The molecule has 13 heavy (non-hydrogen) atoms. The van der Waals surface area contributed by atoms with Gasteiger partial charge in [-0.3, -0.25) is 0 Å². The zero-order valence-electron chi connectivity index (χ0n) is 7.26. The maximum atomic E-state index is 5.75. The van der Waals surface area contributed by atoms with Crippen LogP contribution in [0.5, 0.6) is 0 Å². The van der Waals surface area contributed by atoms with Crippen LogP contribution in [0.3, 0.4) is 0 Å². The number of rotatable bonds is 4. The van der Waals surface area contributed by atoms with E-state index in [9.17, 15) is 0 Å². The molecule has 0 amide bonds. The van der Waals surface area contributed by atoms with Gasteiger partial charge in [0, 0.05) is 0 Å². The molecule has 0 bridgehead atoms. The SMILES string of the molecule is C=Cc1cccc(CC[Si](Cl)Cl)c1. The van der Waals surface area contributed by atoms with Crippen LogP contribution in [-0.2, 0) is 6.42 Å². The highest BCUT2D eigenvalue weighted by atomic mass is 35.7. The summed E-state index contributed by atoms with van der Waals surface area (Å²) >= 11 is 11.5. The van der Waals surface area contributed by atoms with Gasteiger partial charge in [-0.15, -0.1) is 22.2 Å². The Bertz CT molecular complexity index is 284. The molecule has 0 aliphatic heterocycles. The predicted octanol–water partition coefficient (Wildman–Crippen LogP) is 3.84. The van der Waals surface area contributed by atoms with Gasteiger partial charge in [-0.2, -0.15) is 0 Å². The average molecular weight is 230 g/mol. The van der Waals surface area contributed by atoms with Crippen LogP contribution in [-0.4, -0.2) is 7.42 Å². The van der Waals surface area contributed by atoms with Crippen molar-refractivity contribution >= 4 is 35.7 Å². The third-order valence-corrected chi connectivity index (χ3v) is 3.55. The molecule has 0 aliphatic carbocycles. The van der Waals surface area contributed by atoms with Gasteiger partial charge in [0.05, 0.1) is 0 Å². The van der Waals surface area contributed by atoms with Crippen LogP contribution in [0.2, 0.25) is 6.04 Å². The van der Waals surface area contributed by atoms with Gasteiger partial charge in [-0.05, 0) is 23.6 Å². The summed E-state index contributed by atoms with van der Waals surface area (Å²) in [4.78, 5) is 0. The summed E-state index contributed by atoms with van der Waals surface area (Å²) in [5.41, 5.74) is 2.43. The number of hydrogen-bond donors (Lipinski definition) is 0. The van der Waals surface area contributed by atoms with E-state index < -0.39 is 7.42 Å². The zero-order chi connectivity index (χ0) is 9.68.